The van der Waals surface area contributed by atoms with Gasteiger partial charge in [0.25, 0.3) is 5.56 Å². The number of ether oxygens (including phenoxy) is 2. The second-order valence-corrected chi connectivity index (χ2v) is 12.8. The van der Waals surface area contributed by atoms with E-state index < -0.39 is 0 Å². The number of methoxy groups -OCH3 is 1. The van der Waals surface area contributed by atoms with Crippen molar-refractivity contribution in [3.05, 3.63) is 93.2 Å². The lowest BCUT2D eigenvalue weighted by molar-refractivity contribution is 0.282. The molecule has 1 saturated carbocycles. The van der Waals surface area contributed by atoms with Crippen LogP contribution in [0, 0.1) is 0 Å². The molecular weight excluding hydrogens is 749 g/mol. The maximum atomic E-state index is 13.7. The molecule has 0 aliphatic heterocycles. The summed E-state index contributed by atoms with van der Waals surface area (Å²) in [7, 11) is 1.57. The van der Waals surface area contributed by atoms with Crippen LogP contribution in [0.15, 0.2) is 65.8 Å². The van der Waals surface area contributed by atoms with E-state index in [1.54, 1.807) is 37.6 Å². The van der Waals surface area contributed by atoms with Gasteiger partial charge >= 0.3 is 0 Å². The van der Waals surface area contributed by atoms with Crippen molar-refractivity contribution in [2.75, 3.05) is 7.11 Å². The number of fused-ring (bicyclic) bond motifs is 1. The number of hydrogen-bond donors (Lipinski definition) is 0. The molecule has 0 saturated heterocycles. The predicted octanol–water partition coefficient (Wildman–Crippen LogP) is 9.51. The van der Waals surface area contributed by atoms with Crippen LogP contribution in [0.3, 0.4) is 0 Å². The molecular formula is C29H24Br3Cl2N3O3. The first kappa shape index (κ1) is 29.6. The molecule has 0 amide bonds. The van der Waals surface area contributed by atoms with Crippen LogP contribution < -0.4 is 15.0 Å². The standard InChI is InChI=1S/C29H24Br3Cl2N3O3/c1-39-24-12-18(25(31)26(32)27(24)40-15-16-7-9-21(33)22(34)11-16)14-35-37-28(17-5-3-2-4-6-17)36-23-10-8-19(30)13-20(23)29(37)38/h7-14,17H,2-6,15H2,1H3. The Hall–Kier alpha value is -1.91. The molecule has 1 aliphatic rings. The normalized spacial score (nSPS) is 14.2. The zero-order chi connectivity index (χ0) is 28.4. The monoisotopic (exact) mass is 769 g/mol. The molecule has 0 radical (unpaired) electrons. The van der Waals surface area contributed by atoms with E-state index in [4.69, 9.17) is 37.7 Å². The topological polar surface area (TPSA) is 65.7 Å². The van der Waals surface area contributed by atoms with Gasteiger partial charge in [-0.2, -0.15) is 9.78 Å². The van der Waals surface area contributed by atoms with Gasteiger partial charge in [0.1, 0.15) is 12.4 Å². The molecule has 1 heterocycles. The number of hydrogen-bond acceptors (Lipinski definition) is 5. The lowest BCUT2D eigenvalue weighted by atomic mass is 9.88. The second kappa shape index (κ2) is 12.9. The van der Waals surface area contributed by atoms with Crippen molar-refractivity contribution in [1.82, 2.24) is 9.66 Å². The maximum absolute atomic E-state index is 13.7. The number of halogens is 5. The van der Waals surface area contributed by atoms with Crippen molar-refractivity contribution in [1.29, 1.82) is 0 Å². The van der Waals surface area contributed by atoms with Gasteiger partial charge in [-0.05, 0) is 86.7 Å². The summed E-state index contributed by atoms with van der Waals surface area (Å²) in [6.45, 7) is 0.254. The largest absolute Gasteiger partial charge is 0.493 e. The van der Waals surface area contributed by atoms with Crippen LogP contribution in [-0.4, -0.2) is 23.0 Å². The molecule has 0 spiro atoms. The van der Waals surface area contributed by atoms with Gasteiger partial charge in [-0.1, -0.05) is 64.5 Å². The highest BCUT2D eigenvalue weighted by Gasteiger charge is 2.23. The van der Waals surface area contributed by atoms with Crippen LogP contribution in [0.4, 0.5) is 0 Å². The van der Waals surface area contributed by atoms with Gasteiger partial charge in [0, 0.05) is 20.4 Å². The van der Waals surface area contributed by atoms with E-state index in [-0.39, 0.29) is 18.1 Å². The first-order valence-corrected chi connectivity index (χ1v) is 15.8. The number of aromatic nitrogens is 2. The fourth-order valence-electron chi connectivity index (χ4n) is 4.79. The Balaban J connectivity index is 1.52. The fourth-order valence-corrected chi connectivity index (χ4v) is 6.41. The molecule has 4 aromatic rings. The highest BCUT2D eigenvalue weighted by molar-refractivity contribution is 9.13. The molecule has 0 atom stereocenters. The molecule has 11 heteroatoms. The van der Waals surface area contributed by atoms with E-state index in [1.165, 1.54) is 11.1 Å². The molecule has 5 rings (SSSR count). The third-order valence-electron chi connectivity index (χ3n) is 6.86. The lowest BCUT2D eigenvalue weighted by Crippen LogP contribution is -2.25. The maximum Gasteiger partial charge on any atom is 0.282 e. The van der Waals surface area contributed by atoms with Crippen molar-refractivity contribution < 1.29 is 9.47 Å². The van der Waals surface area contributed by atoms with Gasteiger partial charge in [-0.25, -0.2) is 4.98 Å². The van der Waals surface area contributed by atoms with Crippen LogP contribution in [0.2, 0.25) is 10.0 Å². The quantitative estimate of drug-likeness (QED) is 0.176. The van der Waals surface area contributed by atoms with E-state index in [0.717, 1.165) is 35.7 Å². The van der Waals surface area contributed by atoms with Crippen molar-refractivity contribution in [3.63, 3.8) is 0 Å². The van der Waals surface area contributed by atoms with Gasteiger partial charge < -0.3 is 9.47 Å². The highest BCUT2D eigenvalue weighted by atomic mass is 79.9. The highest BCUT2D eigenvalue weighted by Crippen LogP contribution is 2.43. The Labute approximate surface area is 267 Å². The summed E-state index contributed by atoms with van der Waals surface area (Å²) in [5.74, 6) is 1.87. The lowest BCUT2D eigenvalue weighted by Gasteiger charge is -2.22. The summed E-state index contributed by atoms with van der Waals surface area (Å²) >= 11 is 23.0. The van der Waals surface area contributed by atoms with Gasteiger partial charge in [0.05, 0.1) is 38.7 Å². The number of benzene rings is 3. The molecule has 1 aliphatic carbocycles. The average Bonchev–Trinajstić information content (AvgIpc) is 2.96. The molecule has 1 fully saturated rings. The minimum Gasteiger partial charge on any atom is -0.493 e. The van der Waals surface area contributed by atoms with Crippen LogP contribution in [0.1, 0.15) is 55.0 Å². The van der Waals surface area contributed by atoms with Gasteiger partial charge in [-0.15, -0.1) is 0 Å². The van der Waals surface area contributed by atoms with Gasteiger partial charge in [-0.3, -0.25) is 4.79 Å². The van der Waals surface area contributed by atoms with E-state index in [2.05, 4.69) is 52.9 Å². The van der Waals surface area contributed by atoms with Crippen LogP contribution >= 0.6 is 71.0 Å². The molecule has 0 unspecified atom stereocenters. The molecule has 3 aromatic carbocycles. The molecule has 0 bridgehead atoms. The minimum atomic E-state index is -0.202. The minimum absolute atomic E-state index is 0.175. The van der Waals surface area contributed by atoms with Crippen molar-refractivity contribution in [2.45, 2.75) is 44.6 Å². The molecule has 208 valence electrons. The van der Waals surface area contributed by atoms with Crippen LogP contribution in [0.5, 0.6) is 11.5 Å². The van der Waals surface area contributed by atoms with E-state index >= 15 is 0 Å². The smallest absolute Gasteiger partial charge is 0.282 e. The zero-order valence-electron chi connectivity index (χ0n) is 21.4. The van der Waals surface area contributed by atoms with Gasteiger partial charge in [0.15, 0.2) is 11.5 Å². The molecule has 0 N–H and O–H groups in total. The average molecular weight is 773 g/mol. The van der Waals surface area contributed by atoms with Crippen molar-refractivity contribution in [3.8, 4) is 11.5 Å². The van der Waals surface area contributed by atoms with E-state index in [1.807, 2.05) is 18.2 Å². The third-order valence-corrected chi connectivity index (χ3v) is 10.2. The summed E-state index contributed by atoms with van der Waals surface area (Å²) < 4.78 is 15.4. The SMILES string of the molecule is COc1cc(C=Nn2c(C3CCCCC3)nc3ccc(Br)cc3c2=O)c(Br)c(Br)c1OCc1ccc(Cl)c(Cl)c1. The summed E-state index contributed by atoms with van der Waals surface area (Å²) in [6.07, 6.45) is 7.03. The Bertz CT molecular complexity index is 1670. The molecule has 6 nitrogen and oxygen atoms in total. The van der Waals surface area contributed by atoms with Crippen molar-refractivity contribution in [2.24, 2.45) is 5.10 Å². The molecule has 1 aromatic heterocycles. The first-order chi connectivity index (χ1) is 19.3. The number of rotatable bonds is 7. The Kier molecular flexibility index (Phi) is 9.57. The first-order valence-electron chi connectivity index (χ1n) is 12.7. The second-order valence-electron chi connectivity index (χ2n) is 9.49. The Morgan fingerprint density at radius 1 is 1.02 bits per heavy atom. The van der Waals surface area contributed by atoms with E-state index in [0.29, 0.717) is 52.8 Å². The summed E-state index contributed by atoms with van der Waals surface area (Å²) in [6, 6.07) is 12.7. The third kappa shape index (κ3) is 6.28. The van der Waals surface area contributed by atoms with E-state index in [9.17, 15) is 4.79 Å². The predicted molar refractivity (Wildman–Crippen MR) is 172 cm³/mol. The summed E-state index contributed by atoms with van der Waals surface area (Å²) in [5.41, 5.74) is 2.03. The Morgan fingerprint density at radius 3 is 2.52 bits per heavy atom. The van der Waals surface area contributed by atoms with Crippen LogP contribution in [-0.2, 0) is 6.61 Å². The zero-order valence-corrected chi connectivity index (χ0v) is 27.7. The summed E-state index contributed by atoms with van der Waals surface area (Å²) in [4.78, 5) is 18.6. The Morgan fingerprint density at radius 2 is 1.80 bits per heavy atom. The number of nitrogens with zero attached hydrogens (tertiary/aromatic N) is 3. The van der Waals surface area contributed by atoms with Crippen molar-refractivity contribution >= 4 is 88.1 Å². The van der Waals surface area contributed by atoms with Crippen LogP contribution in [0.25, 0.3) is 10.9 Å². The summed E-state index contributed by atoms with van der Waals surface area (Å²) in [5, 5.41) is 6.13. The fraction of sp³-hybridized carbons (Fsp3) is 0.276. The molecule has 40 heavy (non-hydrogen) atoms. The van der Waals surface area contributed by atoms with Gasteiger partial charge in [0.2, 0.25) is 0 Å².